The number of nitrogens with zero attached hydrogens (tertiary/aromatic N) is 5. The van der Waals surface area contributed by atoms with Crippen molar-refractivity contribution in [2.75, 3.05) is 0 Å². The third-order valence-electron chi connectivity index (χ3n) is 4.64. The van der Waals surface area contributed by atoms with Gasteiger partial charge in [-0.2, -0.15) is 5.10 Å². The van der Waals surface area contributed by atoms with Gasteiger partial charge in [-0.3, -0.25) is 9.88 Å². The third-order valence-corrected chi connectivity index (χ3v) is 5.12. The van der Waals surface area contributed by atoms with E-state index in [2.05, 4.69) is 9.88 Å². The molecule has 1 aromatic carbocycles. The molecule has 5 nitrogen and oxygen atoms in total. The van der Waals surface area contributed by atoms with Gasteiger partial charge in [0.15, 0.2) is 10.6 Å². The van der Waals surface area contributed by atoms with Crippen LogP contribution in [0.2, 0.25) is 0 Å². The summed E-state index contributed by atoms with van der Waals surface area (Å²) in [6, 6.07) is 11.1. The monoisotopic (exact) mass is 369 g/mol. The second-order valence-corrected chi connectivity index (χ2v) is 7.02. The first-order valence-corrected chi connectivity index (χ1v) is 9.05. The fourth-order valence-electron chi connectivity index (χ4n) is 3.06. The maximum atomic E-state index is 13.2. The summed E-state index contributed by atoms with van der Waals surface area (Å²) in [5.41, 5.74) is 2.03. The summed E-state index contributed by atoms with van der Waals surface area (Å²) in [5.74, 6) is 0.598. The van der Waals surface area contributed by atoms with Gasteiger partial charge in [0.05, 0.1) is 6.67 Å². The third kappa shape index (κ3) is 3.59. The van der Waals surface area contributed by atoms with Crippen LogP contribution in [0, 0.1) is 10.6 Å². The number of pyridine rings is 1. The van der Waals surface area contributed by atoms with Crippen LogP contribution in [-0.2, 0) is 20.3 Å². The van der Waals surface area contributed by atoms with Crippen LogP contribution in [0.1, 0.15) is 18.4 Å². The summed E-state index contributed by atoms with van der Waals surface area (Å²) in [4.78, 5) is 6.52. The molecule has 0 amide bonds. The van der Waals surface area contributed by atoms with E-state index in [1.807, 2.05) is 40.6 Å². The number of hydrogen-bond donors (Lipinski definition) is 0. The number of rotatable bonds is 6. The van der Waals surface area contributed by atoms with Crippen molar-refractivity contribution in [1.82, 2.24) is 24.2 Å². The van der Waals surface area contributed by atoms with Crippen LogP contribution < -0.4 is 0 Å². The van der Waals surface area contributed by atoms with E-state index >= 15 is 0 Å². The zero-order valence-electron chi connectivity index (χ0n) is 14.5. The lowest BCUT2D eigenvalue weighted by atomic mass is 10.2. The molecule has 2 aromatic heterocycles. The summed E-state index contributed by atoms with van der Waals surface area (Å²) in [5, 5.41) is 4.72. The van der Waals surface area contributed by atoms with E-state index in [1.165, 1.54) is 25.0 Å². The topological polar surface area (TPSA) is 38.9 Å². The summed E-state index contributed by atoms with van der Waals surface area (Å²) in [6.07, 6.45) is 5.89. The van der Waals surface area contributed by atoms with E-state index in [9.17, 15) is 4.39 Å². The first-order valence-electron chi connectivity index (χ1n) is 8.64. The van der Waals surface area contributed by atoms with Gasteiger partial charge >= 0.3 is 0 Å². The highest BCUT2D eigenvalue weighted by atomic mass is 32.1. The highest BCUT2D eigenvalue weighted by Gasteiger charge is 2.29. The predicted molar refractivity (Wildman–Crippen MR) is 100 cm³/mol. The molecule has 0 spiro atoms. The quantitative estimate of drug-likeness (QED) is 0.620. The largest absolute Gasteiger partial charge is 0.303 e. The summed E-state index contributed by atoms with van der Waals surface area (Å²) < 4.78 is 17.6. The molecule has 0 saturated heterocycles. The van der Waals surface area contributed by atoms with Crippen molar-refractivity contribution in [3.8, 4) is 11.4 Å². The average molecular weight is 369 g/mol. The highest BCUT2D eigenvalue weighted by Crippen LogP contribution is 2.29. The Hall–Kier alpha value is -2.38. The molecule has 134 valence electrons. The van der Waals surface area contributed by atoms with Gasteiger partial charge in [-0.1, -0.05) is 12.1 Å². The van der Waals surface area contributed by atoms with Crippen molar-refractivity contribution in [1.29, 1.82) is 0 Å². The van der Waals surface area contributed by atoms with Gasteiger partial charge in [-0.25, -0.2) is 9.07 Å². The number of hydrogen-bond acceptors (Lipinski definition) is 4. The molecule has 7 heteroatoms. The van der Waals surface area contributed by atoms with Crippen molar-refractivity contribution < 1.29 is 4.39 Å². The lowest BCUT2D eigenvalue weighted by Gasteiger charge is -2.21. The molecule has 2 heterocycles. The van der Waals surface area contributed by atoms with Gasteiger partial charge < -0.3 is 4.57 Å². The Morgan fingerprint density at radius 3 is 2.65 bits per heavy atom. The maximum absolute atomic E-state index is 13.2. The first kappa shape index (κ1) is 17.1. The normalized spacial score (nSPS) is 14.1. The molecule has 0 unspecified atom stereocenters. The molecule has 1 aliphatic carbocycles. The van der Waals surface area contributed by atoms with E-state index in [4.69, 9.17) is 17.3 Å². The zero-order chi connectivity index (χ0) is 18.1. The highest BCUT2D eigenvalue weighted by molar-refractivity contribution is 7.71. The number of benzene rings is 1. The predicted octanol–water partition coefficient (Wildman–Crippen LogP) is 3.77. The Balaban J connectivity index is 1.58. The van der Waals surface area contributed by atoms with Crippen molar-refractivity contribution in [3.05, 3.63) is 64.9 Å². The Labute approximate surface area is 156 Å². The Kier molecular flexibility index (Phi) is 4.65. The molecule has 26 heavy (non-hydrogen) atoms. The van der Waals surface area contributed by atoms with E-state index < -0.39 is 0 Å². The zero-order valence-corrected chi connectivity index (χ0v) is 15.4. The van der Waals surface area contributed by atoms with Crippen LogP contribution in [0.3, 0.4) is 0 Å². The molecule has 0 bridgehead atoms. The molecular weight excluding hydrogens is 349 g/mol. The van der Waals surface area contributed by atoms with Gasteiger partial charge in [-0.15, -0.1) is 0 Å². The van der Waals surface area contributed by atoms with Crippen LogP contribution in [0.5, 0.6) is 0 Å². The van der Waals surface area contributed by atoms with Crippen LogP contribution in [0.4, 0.5) is 4.39 Å². The lowest BCUT2D eigenvalue weighted by Crippen LogP contribution is -2.29. The summed E-state index contributed by atoms with van der Waals surface area (Å²) in [6.45, 7) is 1.38. The van der Waals surface area contributed by atoms with Crippen molar-refractivity contribution in [2.24, 2.45) is 7.05 Å². The standard InChI is InChI=1S/C19H20FN5S/c1-23-18(15-3-2-10-21-11-15)22-25(19(23)26)13-24(17-8-9-17)12-14-4-6-16(20)7-5-14/h2-7,10-11,17H,8-9,12-13H2,1H3. The van der Waals surface area contributed by atoms with Gasteiger partial charge in [0.25, 0.3) is 0 Å². The van der Waals surface area contributed by atoms with Crippen LogP contribution >= 0.6 is 12.2 Å². The SMILES string of the molecule is Cn1c(-c2cccnc2)nn(CN(Cc2ccc(F)cc2)C2CC2)c1=S. The minimum absolute atomic E-state index is 0.209. The fraction of sp³-hybridized carbons (Fsp3) is 0.316. The number of aromatic nitrogens is 4. The van der Waals surface area contributed by atoms with E-state index in [0.29, 0.717) is 17.5 Å². The smallest absolute Gasteiger partial charge is 0.199 e. The maximum Gasteiger partial charge on any atom is 0.199 e. The van der Waals surface area contributed by atoms with E-state index in [0.717, 1.165) is 23.5 Å². The van der Waals surface area contributed by atoms with E-state index in [-0.39, 0.29) is 5.82 Å². The molecule has 3 aromatic rings. The molecule has 0 atom stereocenters. The van der Waals surface area contributed by atoms with Crippen molar-refractivity contribution in [2.45, 2.75) is 32.1 Å². The summed E-state index contributed by atoms with van der Waals surface area (Å²) in [7, 11) is 1.93. The van der Waals surface area contributed by atoms with Gasteiger partial charge in [0.2, 0.25) is 0 Å². The second-order valence-electron chi connectivity index (χ2n) is 6.65. The molecular formula is C19H20FN5S. The molecule has 0 N–H and O–H groups in total. The Morgan fingerprint density at radius 2 is 2.00 bits per heavy atom. The van der Waals surface area contributed by atoms with Crippen LogP contribution in [-0.4, -0.2) is 30.3 Å². The average Bonchev–Trinajstić information content (AvgIpc) is 3.47. The molecule has 1 aliphatic rings. The molecule has 1 saturated carbocycles. The minimum Gasteiger partial charge on any atom is -0.303 e. The van der Waals surface area contributed by atoms with E-state index in [1.54, 1.807) is 12.4 Å². The van der Waals surface area contributed by atoms with Crippen molar-refractivity contribution in [3.63, 3.8) is 0 Å². The lowest BCUT2D eigenvalue weighted by molar-refractivity contribution is 0.186. The first-order chi connectivity index (χ1) is 12.6. The van der Waals surface area contributed by atoms with Gasteiger partial charge in [-0.05, 0) is 54.9 Å². The summed E-state index contributed by atoms with van der Waals surface area (Å²) >= 11 is 5.59. The minimum atomic E-state index is -0.209. The Morgan fingerprint density at radius 1 is 1.23 bits per heavy atom. The van der Waals surface area contributed by atoms with Gasteiger partial charge in [0.1, 0.15) is 5.82 Å². The molecule has 0 radical (unpaired) electrons. The molecule has 1 fully saturated rings. The number of halogens is 1. The fourth-order valence-corrected chi connectivity index (χ4v) is 3.24. The van der Waals surface area contributed by atoms with Gasteiger partial charge in [0, 0.05) is 37.6 Å². The van der Waals surface area contributed by atoms with Crippen molar-refractivity contribution >= 4 is 12.2 Å². The van der Waals surface area contributed by atoms with Crippen LogP contribution in [0.25, 0.3) is 11.4 Å². The van der Waals surface area contributed by atoms with Crippen LogP contribution in [0.15, 0.2) is 48.8 Å². The molecule has 4 rings (SSSR count). The Bertz CT molecular complexity index is 944. The molecule has 0 aliphatic heterocycles. The second kappa shape index (κ2) is 7.09.